The lowest BCUT2D eigenvalue weighted by molar-refractivity contribution is -0.140. The van der Waals surface area contributed by atoms with E-state index in [2.05, 4.69) is 21.1 Å². The van der Waals surface area contributed by atoms with Crippen LogP contribution in [0.4, 0.5) is 0 Å². The normalized spacial score (nSPS) is 45.6. The summed E-state index contributed by atoms with van der Waals surface area (Å²) in [7, 11) is 0. The summed E-state index contributed by atoms with van der Waals surface area (Å²) in [5, 5.41) is 6.75. The number of hydrogen-bond acceptors (Lipinski definition) is 6. The Morgan fingerprint density at radius 2 is 0.750 bits per heavy atom. The van der Waals surface area contributed by atoms with Crippen LogP contribution in [0.1, 0.15) is 64.2 Å². The van der Waals surface area contributed by atoms with Crippen molar-refractivity contribution < 1.29 is 9.59 Å². The standard InChI is InChI=1S/2C10H14O.2CH2N2/c2*11-10-8-2-6-1-7(4-8)5-9(10)3-6;2*1-2-3-1/h2*6-9H,1-5H2;2*1H,(H,2,3). The summed E-state index contributed by atoms with van der Waals surface area (Å²) >= 11 is 0. The van der Waals surface area contributed by atoms with Gasteiger partial charge >= 0.3 is 0 Å². The molecule has 2 aliphatic heterocycles. The van der Waals surface area contributed by atoms with Gasteiger partial charge in [-0.2, -0.15) is 10.2 Å². The molecule has 152 valence electrons. The number of carbonyl (C=O) groups excluding carboxylic acids is 2. The van der Waals surface area contributed by atoms with E-state index < -0.39 is 0 Å². The average Bonchev–Trinajstić information content (AvgIpc) is 3.56. The van der Waals surface area contributed by atoms with Crippen molar-refractivity contribution in [2.24, 2.45) is 57.5 Å². The quantitative estimate of drug-likeness (QED) is 0.670. The molecule has 0 atom stereocenters. The molecule has 0 aromatic carbocycles. The molecule has 10 rings (SSSR count). The fourth-order valence-corrected chi connectivity index (χ4v) is 7.30. The van der Waals surface area contributed by atoms with Crippen LogP contribution >= 0.6 is 0 Å². The molecule has 0 amide bonds. The fourth-order valence-electron chi connectivity index (χ4n) is 7.30. The van der Waals surface area contributed by atoms with Crippen LogP contribution in [0.2, 0.25) is 0 Å². The first kappa shape index (κ1) is 18.3. The second-order valence-electron chi connectivity index (χ2n) is 10.2. The summed E-state index contributed by atoms with van der Waals surface area (Å²) in [4.78, 5) is 23.1. The molecule has 2 N–H and O–H groups in total. The van der Waals surface area contributed by atoms with E-state index in [1.165, 1.54) is 64.2 Å². The molecule has 0 saturated heterocycles. The molecular weight excluding hydrogens is 352 g/mol. The highest BCUT2D eigenvalue weighted by atomic mass is 16.1. The van der Waals surface area contributed by atoms with Crippen LogP contribution in [0, 0.1) is 47.3 Å². The van der Waals surface area contributed by atoms with Crippen LogP contribution < -0.4 is 10.9 Å². The van der Waals surface area contributed by atoms with Gasteiger partial charge in [-0.1, -0.05) is 0 Å². The van der Waals surface area contributed by atoms with Crippen molar-refractivity contribution in [1.29, 1.82) is 0 Å². The maximum Gasteiger partial charge on any atom is 0.139 e. The molecular formula is C22H32N4O2. The molecule has 10 aliphatic rings. The van der Waals surface area contributed by atoms with E-state index in [0.29, 0.717) is 35.2 Å². The van der Waals surface area contributed by atoms with Gasteiger partial charge in [0, 0.05) is 23.7 Å². The Kier molecular flexibility index (Phi) is 4.97. The zero-order valence-corrected chi connectivity index (χ0v) is 16.6. The summed E-state index contributed by atoms with van der Waals surface area (Å²) in [5.41, 5.74) is 5.00. The van der Waals surface area contributed by atoms with Crippen molar-refractivity contribution in [2.45, 2.75) is 64.2 Å². The van der Waals surface area contributed by atoms with Crippen LogP contribution in [0.15, 0.2) is 10.2 Å². The lowest BCUT2D eigenvalue weighted by atomic mass is 9.56. The number of hydrogen-bond donors (Lipinski definition) is 2. The van der Waals surface area contributed by atoms with E-state index >= 15 is 0 Å². The third-order valence-electron chi connectivity index (χ3n) is 8.14. The molecule has 6 nitrogen and oxygen atoms in total. The van der Waals surface area contributed by atoms with Gasteiger partial charge in [0.15, 0.2) is 0 Å². The van der Waals surface area contributed by atoms with Gasteiger partial charge in [-0.3, -0.25) is 20.4 Å². The van der Waals surface area contributed by atoms with E-state index in [1.807, 2.05) is 0 Å². The Labute approximate surface area is 167 Å². The lowest BCUT2D eigenvalue weighted by Crippen LogP contribution is -2.45. The van der Waals surface area contributed by atoms with Gasteiger partial charge in [-0.15, -0.1) is 0 Å². The number of ketones is 2. The summed E-state index contributed by atoms with van der Waals surface area (Å²) in [5.74, 6) is 7.03. The smallest absolute Gasteiger partial charge is 0.139 e. The van der Waals surface area contributed by atoms with Gasteiger partial charge in [-0.25, -0.2) is 0 Å². The van der Waals surface area contributed by atoms with Crippen molar-refractivity contribution in [1.82, 2.24) is 10.9 Å². The maximum atomic E-state index is 11.6. The molecule has 8 bridgehead atoms. The topological polar surface area (TPSA) is 103 Å². The predicted octanol–water partition coefficient (Wildman–Crippen LogP) is 3.09. The first-order chi connectivity index (χ1) is 13.7. The third kappa shape index (κ3) is 4.15. The van der Waals surface area contributed by atoms with Crippen LogP contribution in [0.25, 0.3) is 0 Å². The summed E-state index contributed by atoms with van der Waals surface area (Å²) < 4.78 is 0. The van der Waals surface area contributed by atoms with Gasteiger partial charge in [0.2, 0.25) is 0 Å². The van der Waals surface area contributed by atoms with Crippen molar-refractivity contribution in [2.75, 3.05) is 0 Å². The van der Waals surface area contributed by atoms with Crippen molar-refractivity contribution in [3.8, 4) is 0 Å². The summed E-state index contributed by atoms with van der Waals surface area (Å²) in [6.07, 6.45) is 16.1. The van der Waals surface area contributed by atoms with Crippen molar-refractivity contribution >= 4 is 24.2 Å². The minimum atomic E-state index is 0.506. The molecule has 0 aromatic rings. The van der Waals surface area contributed by atoms with Crippen LogP contribution in [0.5, 0.6) is 0 Å². The average molecular weight is 385 g/mol. The van der Waals surface area contributed by atoms with Crippen molar-refractivity contribution in [3.05, 3.63) is 0 Å². The van der Waals surface area contributed by atoms with Gasteiger partial charge in [-0.05, 0) is 87.9 Å². The highest BCUT2D eigenvalue weighted by molar-refractivity contribution is 5.85. The van der Waals surface area contributed by atoms with Gasteiger partial charge in [0.1, 0.15) is 24.2 Å². The number of nitrogens with zero attached hydrogens (tertiary/aromatic N) is 2. The van der Waals surface area contributed by atoms with Gasteiger partial charge < -0.3 is 0 Å². The SMILES string of the molecule is C1=NN1.C1=NN1.O=C1C2CC3CC(C2)CC1C3.O=C1C2CC3CC(C2)CC1C3. The largest absolute Gasteiger partial charge is 0.299 e. The number of nitrogens with one attached hydrogen (secondary N) is 2. The third-order valence-corrected chi connectivity index (χ3v) is 8.14. The minimum absolute atomic E-state index is 0.506. The molecule has 6 heteroatoms. The predicted molar refractivity (Wildman–Crippen MR) is 107 cm³/mol. The molecule has 8 saturated carbocycles. The highest BCUT2D eigenvalue weighted by Crippen LogP contribution is 2.52. The van der Waals surface area contributed by atoms with E-state index in [1.54, 1.807) is 12.7 Å². The molecule has 2 heterocycles. The Morgan fingerprint density at radius 1 is 0.536 bits per heavy atom. The van der Waals surface area contributed by atoms with E-state index in [0.717, 1.165) is 23.7 Å². The minimum Gasteiger partial charge on any atom is -0.299 e. The van der Waals surface area contributed by atoms with Gasteiger partial charge in [0.25, 0.3) is 0 Å². The monoisotopic (exact) mass is 384 g/mol. The van der Waals surface area contributed by atoms with Crippen LogP contribution in [0.3, 0.4) is 0 Å². The molecule has 0 unspecified atom stereocenters. The van der Waals surface area contributed by atoms with E-state index in [-0.39, 0.29) is 0 Å². The Hall–Kier alpha value is -1.72. The second kappa shape index (κ2) is 7.60. The summed E-state index contributed by atoms with van der Waals surface area (Å²) in [6.45, 7) is 0. The van der Waals surface area contributed by atoms with E-state index in [9.17, 15) is 9.59 Å². The lowest BCUT2D eigenvalue weighted by Gasteiger charge is -2.48. The fraction of sp³-hybridized carbons (Fsp3) is 0.818. The highest BCUT2D eigenvalue weighted by Gasteiger charge is 2.48. The van der Waals surface area contributed by atoms with E-state index in [4.69, 9.17) is 0 Å². The first-order valence-corrected chi connectivity index (χ1v) is 11.3. The van der Waals surface area contributed by atoms with Crippen LogP contribution in [-0.2, 0) is 9.59 Å². The number of Topliss-reactive ketones (excluding diaryl/α,β-unsaturated/α-hetero) is 2. The second-order valence-corrected chi connectivity index (χ2v) is 10.2. The number of rotatable bonds is 0. The number of hydrazone groups is 2. The summed E-state index contributed by atoms with van der Waals surface area (Å²) in [6, 6.07) is 0. The molecule has 0 aromatic heterocycles. The van der Waals surface area contributed by atoms with Gasteiger partial charge in [0.05, 0.1) is 0 Å². The molecule has 0 spiro atoms. The zero-order valence-electron chi connectivity index (χ0n) is 16.6. The van der Waals surface area contributed by atoms with Crippen molar-refractivity contribution in [3.63, 3.8) is 0 Å². The molecule has 0 radical (unpaired) electrons. The Balaban J connectivity index is 0.0000000944. The Bertz CT molecular complexity index is 560. The maximum absolute atomic E-state index is 11.6. The Morgan fingerprint density at radius 3 is 0.929 bits per heavy atom. The number of carbonyl (C=O) groups is 2. The molecule has 8 aliphatic carbocycles. The first-order valence-electron chi connectivity index (χ1n) is 11.3. The zero-order chi connectivity index (χ0) is 19.1. The molecule has 8 fully saturated rings. The van der Waals surface area contributed by atoms with Crippen LogP contribution in [-0.4, -0.2) is 24.2 Å². The molecule has 28 heavy (non-hydrogen) atoms.